The Labute approximate surface area is 99.4 Å². The second kappa shape index (κ2) is 4.92. The van der Waals surface area contributed by atoms with Crippen molar-refractivity contribution in [1.82, 2.24) is 5.43 Å². The molecule has 0 fully saturated rings. The average Bonchev–Trinajstić information content (AvgIpc) is 2.22. The molecule has 0 saturated heterocycles. The number of benzene rings is 1. The molecule has 0 aliphatic heterocycles. The van der Waals surface area contributed by atoms with E-state index in [1.807, 2.05) is 0 Å². The minimum atomic E-state index is -0.445. The fourth-order valence-electron chi connectivity index (χ4n) is 1.61. The minimum absolute atomic E-state index is 0.0153. The number of amides is 1. The van der Waals surface area contributed by atoms with Gasteiger partial charge in [-0.2, -0.15) is 0 Å². The fourth-order valence-corrected chi connectivity index (χ4v) is 1.61. The van der Waals surface area contributed by atoms with Crippen LogP contribution >= 0.6 is 0 Å². The van der Waals surface area contributed by atoms with Crippen molar-refractivity contribution in [3.05, 3.63) is 33.4 Å². The third-order valence-corrected chi connectivity index (χ3v) is 2.62. The number of hydrogen-bond donors (Lipinski definition) is 1. The maximum absolute atomic E-state index is 11.3. The zero-order valence-corrected chi connectivity index (χ0v) is 10.3. The Morgan fingerprint density at radius 2 is 2.00 bits per heavy atom. The molecule has 1 aromatic carbocycles. The largest absolute Gasteiger partial charge is 0.274 e. The normalized spacial score (nSPS) is 10.1. The molecule has 92 valence electrons. The van der Waals surface area contributed by atoms with Crippen molar-refractivity contribution in [2.75, 3.05) is 12.1 Å². The number of nitro groups is 1. The summed E-state index contributed by atoms with van der Waals surface area (Å²) < 4.78 is 0. The van der Waals surface area contributed by atoms with Crippen LogP contribution in [0, 0.1) is 24.0 Å². The smallest absolute Gasteiger partial charge is 0.273 e. The highest BCUT2D eigenvalue weighted by Gasteiger charge is 2.18. The van der Waals surface area contributed by atoms with Gasteiger partial charge in [0.25, 0.3) is 5.69 Å². The molecular formula is C11H15N3O3. The molecular weight excluding hydrogens is 222 g/mol. The number of aryl methyl sites for hydroxylation is 1. The van der Waals surface area contributed by atoms with E-state index in [0.29, 0.717) is 11.3 Å². The zero-order chi connectivity index (χ0) is 13.2. The molecule has 0 atom stereocenters. The summed E-state index contributed by atoms with van der Waals surface area (Å²) in [6, 6.07) is 3.13. The average molecular weight is 237 g/mol. The predicted octanol–water partition coefficient (Wildman–Crippen LogP) is 1.70. The van der Waals surface area contributed by atoms with E-state index in [2.05, 4.69) is 5.43 Å². The van der Waals surface area contributed by atoms with Crippen molar-refractivity contribution in [3.8, 4) is 0 Å². The molecule has 1 N–H and O–H groups in total. The molecule has 17 heavy (non-hydrogen) atoms. The minimum Gasteiger partial charge on any atom is -0.273 e. The number of anilines is 1. The van der Waals surface area contributed by atoms with Crippen molar-refractivity contribution < 1.29 is 9.72 Å². The van der Waals surface area contributed by atoms with Crippen LogP contribution in [-0.4, -0.2) is 17.9 Å². The van der Waals surface area contributed by atoms with Gasteiger partial charge in [-0.1, -0.05) is 0 Å². The lowest BCUT2D eigenvalue weighted by atomic mass is 10.1. The number of nitro benzene ring substituents is 1. The number of carbonyl (C=O) groups is 1. The van der Waals surface area contributed by atoms with Crippen molar-refractivity contribution in [3.63, 3.8) is 0 Å². The van der Waals surface area contributed by atoms with Crippen LogP contribution in [0.15, 0.2) is 12.1 Å². The van der Waals surface area contributed by atoms with Crippen molar-refractivity contribution >= 4 is 17.3 Å². The third kappa shape index (κ3) is 2.59. The van der Waals surface area contributed by atoms with Crippen LogP contribution in [0.3, 0.4) is 0 Å². The van der Waals surface area contributed by atoms with E-state index in [1.54, 1.807) is 27.0 Å². The van der Waals surface area contributed by atoms with Crippen LogP contribution in [0.1, 0.15) is 18.1 Å². The van der Waals surface area contributed by atoms with Gasteiger partial charge in [-0.15, -0.1) is 0 Å². The van der Waals surface area contributed by atoms with Crippen LogP contribution in [0.2, 0.25) is 0 Å². The second-order valence-electron chi connectivity index (χ2n) is 3.74. The Bertz CT molecular complexity index is 471. The molecule has 0 aliphatic rings. The van der Waals surface area contributed by atoms with Gasteiger partial charge < -0.3 is 0 Å². The molecule has 0 bridgehead atoms. The van der Waals surface area contributed by atoms with Gasteiger partial charge in [-0.05, 0) is 25.5 Å². The van der Waals surface area contributed by atoms with Crippen LogP contribution < -0.4 is 10.4 Å². The van der Waals surface area contributed by atoms with Crippen molar-refractivity contribution in [2.24, 2.45) is 0 Å². The van der Waals surface area contributed by atoms with E-state index in [4.69, 9.17) is 0 Å². The number of rotatable bonds is 3. The molecule has 0 spiro atoms. The fraction of sp³-hybridized carbons (Fsp3) is 0.364. The second-order valence-corrected chi connectivity index (χ2v) is 3.74. The Kier molecular flexibility index (Phi) is 3.80. The SMILES string of the molecule is CNN(C(C)=O)c1cc(C)c(C)c([N+](=O)[O-])c1. The number of carbonyl (C=O) groups excluding carboxylic acids is 1. The molecule has 1 rings (SSSR count). The summed E-state index contributed by atoms with van der Waals surface area (Å²) in [6.45, 7) is 4.85. The van der Waals surface area contributed by atoms with Crippen LogP contribution in [0.4, 0.5) is 11.4 Å². The molecule has 1 amide bonds. The van der Waals surface area contributed by atoms with Crippen LogP contribution in [0.25, 0.3) is 0 Å². The Morgan fingerprint density at radius 1 is 1.41 bits per heavy atom. The summed E-state index contributed by atoms with van der Waals surface area (Å²) in [6.07, 6.45) is 0. The first-order chi connectivity index (χ1) is 7.88. The van der Waals surface area contributed by atoms with Gasteiger partial charge in [0.15, 0.2) is 0 Å². The number of nitrogens with one attached hydrogen (secondary N) is 1. The number of hydrazine groups is 1. The van der Waals surface area contributed by atoms with Crippen LogP contribution in [-0.2, 0) is 4.79 Å². The molecule has 0 unspecified atom stereocenters. The highest BCUT2D eigenvalue weighted by atomic mass is 16.6. The quantitative estimate of drug-likeness (QED) is 0.641. The molecule has 0 aromatic heterocycles. The maximum atomic E-state index is 11.3. The van der Waals surface area contributed by atoms with Crippen molar-refractivity contribution in [2.45, 2.75) is 20.8 Å². The molecule has 1 aromatic rings. The van der Waals surface area contributed by atoms with E-state index in [9.17, 15) is 14.9 Å². The lowest BCUT2D eigenvalue weighted by Crippen LogP contribution is -2.39. The van der Waals surface area contributed by atoms with E-state index in [1.165, 1.54) is 18.0 Å². The monoisotopic (exact) mass is 237 g/mol. The van der Waals surface area contributed by atoms with Gasteiger partial charge >= 0.3 is 0 Å². The summed E-state index contributed by atoms with van der Waals surface area (Å²) in [5, 5.41) is 12.2. The highest BCUT2D eigenvalue weighted by Crippen LogP contribution is 2.27. The van der Waals surface area contributed by atoms with Gasteiger partial charge in [0.2, 0.25) is 5.91 Å². The molecule has 6 heteroatoms. The van der Waals surface area contributed by atoms with Gasteiger partial charge in [0.05, 0.1) is 10.6 Å². The van der Waals surface area contributed by atoms with Gasteiger partial charge in [0, 0.05) is 25.6 Å². The molecule has 0 radical (unpaired) electrons. The molecule has 0 aliphatic carbocycles. The van der Waals surface area contributed by atoms with Gasteiger partial charge in [-0.3, -0.25) is 14.9 Å². The van der Waals surface area contributed by atoms with Gasteiger partial charge in [-0.25, -0.2) is 10.4 Å². The topological polar surface area (TPSA) is 75.5 Å². The zero-order valence-electron chi connectivity index (χ0n) is 10.3. The number of hydrogen-bond acceptors (Lipinski definition) is 4. The molecule has 0 heterocycles. The summed E-state index contributed by atoms with van der Waals surface area (Å²) in [5.74, 6) is -0.231. The maximum Gasteiger partial charge on any atom is 0.274 e. The van der Waals surface area contributed by atoms with E-state index in [-0.39, 0.29) is 11.6 Å². The first-order valence-electron chi connectivity index (χ1n) is 5.12. The van der Waals surface area contributed by atoms with E-state index in [0.717, 1.165) is 5.56 Å². The molecule has 0 saturated carbocycles. The summed E-state index contributed by atoms with van der Waals surface area (Å²) in [5.41, 5.74) is 4.56. The standard InChI is InChI=1S/C11H15N3O3/c1-7-5-10(13(12-4)9(3)15)6-11(8(7)2)14(16)17/h5-6,12H,1-4H3. The van der Waals surface area contributed by atoms with Crippen molar-refractivity contribution in [1.29, 1.82) is 0 Å². The summed E-state index contributed by atoms with van der Waals surface area (Å²) in [7, 11) is 1.59. The highest BCUT2D eigenvalue weighted by molar-refractivity contribution is 5.91. The Morgan fingerprint density at radius 3 is 2.41 bits per heavy atom. The third-order valence-electron chi connectivity index (χ3n) is 2.62. The summed E-state index contributed by atoms with van der Waals surface area (Å²) >= 11 is 0. The molecule has 6 nitrogen and oxygen atoms in total. The number of nitrogens with zero attached hydrogens (tertiary/aromatic N) is 2. The van der Waals surface area contributed by atoms with Crippen LogP contribution in [0.5, 0.6) is 0 Å². The summed E-state index contributed by atoms with van der Waals surface area (Å²) in [4.78, 5) is 21.8. The first kappa shape index (κ1) is 13.1. The van der Waals surface area contributed by atoms with E-state index < -0.39 is 4.92 Å². The lowest BCUT2D eigenvalue weighted by molar-refractivity contribution is -0.385. The predicted molar refractivity (Wildman–Crippen MR) is 64.8 cm³/mol. The lowest BCUT2D eigenvalue weighted by Gasteiger charge is -2.20. The Balaban J connectivity index is 3.36. The van der Waals surface area contributed by atoms with E-state index >= 15 is 0 Å². The Hall–Kier alpha value is -1.95. The van der Waals surface area contributed by atoms with Gasteiger partial charge in [0.1, 0.15) is 0 Å². The first-order valence-corrected chi connectivity index (χ1v) is 5.12.